The number of benzene rings is 1. The van der Waals surface area contributed by atoms with Gasteiger partial charge in [-0.15, -0.1) is 0 Å². The molecule has 2 rings (SSSR count). The molecule has 1 unspecified atom stereocenters. The van der Waals surface area contributed by atoms with E-state index in [0.717, 1.165) is 25.7 Å². The maximum atomic E-state index is 11.9. The summed E-state index contributed by atoms with van der Waals surface area (Å²) in [5.41, 5.74) is 2.66. The number of alkyl halides is 1. The summed E-state index contributed by atoms with van der Waals surface area (Å²) in [7, 11) is 0. The van der Waals surface area contributed by atoms with Crippen LogP contribution in [-0.2, 0) is 17.6 Å². The second kappa shape index (κ2) is 5.13. The Morgan fingerprint density at radius 3 is 2.56 bits per heavy atom. The van der Waals surface area contributed by atoms with Crippen LogP contribution in [0.2, 0.25) is 0 Å². The SMILES string of the molecule is CCc1ccccc1CC(Br)C(=O)C1CC1. The summed E-state index contributed by atoms with van der Waals surface area (Å²) in [6.45, 7) is 2.16. The highest BCUT2D eigenvalue weighted by Crippen LogP contribution is 2.33. The molecular formula is C14H17BrO. The van der Waals surface area contributed by atoms with Crippen molar-refractivity contribution < 1.29 is 4.79 Å². The number of carbonyl (C=O) groups is 1. The first-order valence-corrected chi connectivity index (χ1v) is 6.88. The van der Waals surface area contributed by atoms with Crippen LogP contribution in [0.25, 0.3) is 0 Å². The van der Waals surface area contributed by atoms with Crippen LogP contribution in [-0.4, -0.2) is 10.6 Å². The standard InChI is InChI=1S/C14H17BrO/c1-2-10-5-3-4-6-12(10)9-13(15)14(16)11-7-8-11/h3-6,11,13H,2,7-9H2,1H3. The van der Waals surface area contributed by atoms with E-state index in [0.29, 0.717) is 11.7 Å². The smallest absolute Gasteiger partial charge is 0.149 e. The Bertz CT molecular complexity index is 382. The highest BCUT2D eigenvalue weighted by atomic mass is 79.9. The monoisotopic (exact) mass is 280 g/mol. The molecule has 16 heavy (non-hydrogen) atoms. The van der Waals surface area contributed by atoms with Crippen LogP contribution in [0.3, 0.4) is 0 Å². The second-order valence-corrected chi connectivity index (χ2v) is 5.58. The zero-order valence-electron chi connectivity index (χ0n) is 9.58. The van der Waals surface area contributed by atoms with Crippen molar-refractivity contribution >= 4 is 21.7 Å². The van der Waals surface area contributed by atoms with E-state index in [9.17, 15) is 4.79 Å². The summed E-state index contributed by atoms with van der Waals surface area (Å²) in [5, 5.41) is 0. The topological polar surface area (TPSA) is 17.1 Å². The lowest BCUT2D eigenvalue weighted by atomic mass is 9.99. The summed E-state index contributed by atoms with van der Waals surface area (Å²) >= 11 is 3.53. The Labute approximate surface area is 105 Å². The van der Waals surface area contributed by atoms with Crippen LogP contribution in [0.5, 0.6) is 0 Å². The van der Waals surface area contributed by atoms with Crippen molar-refractivity contribution in [3.63, 3.8) is 0 Å². The lowest BCUT2D eigenvalue weighted by Crippen LogP contribution is -2.19. The average molecular weight is 281 g/mol. The van der Waals surface area contributed by atoms with Crippen LogP contribution < -0.4 is 0 Å². The largest absolute Gasteiger partial charge is 0.298 e. The third-order valence-corrected chi connectivity index (χ3v) is 3.96. The van der Waals surface area contributed by atoms with Crippen LogP contribution in [0.1, 0.15) is 30.9 Å². The van der Waals surface area contributed by atoms with Crippen molar-refractivity contribution in [2.45, 2.75) is 37.4 Å². The summed E-state index contributed by atoms with van der Waals surface area (Å²) in [6.07, 6.45) is 4.06. The molecule has 0 saturated heterocycles. The molecule has 1 fully saturated rings. The van der Waals surface area contributed by atoms with Gasteiger partial charge in [-0.1, -0.05) is 47.1 Å². The molecule has 0 aliphatic heterocycles. The van der Waals surface area contributed by atoms with E-state index in [1.54, 1.807) is 0 Å². The maximum absolute atomic E-state index is 11.9. The van der Waals surface area contributed by atoms with Gasteiger partial charge in [-0.25, -0.2) is 0 Å². The van der Waals surface area contributed by atoms with E-state index in [2.05, 4.69) is 47.1 Å². The van der Waals surface area contributed by atoms with Gasteiger partial charge in [0, 0.05) is 5.92 Å². The van der Waals surface area contributed by atoms with Crippen molar-refractivity contribution in [1.29, 1.82) is 0 Å². The number of rotatable bonds is 5. The molecule has 2 heteroatoms. The number of Topliss-reactive ketones (excluding diaryl/α,β-unsaturated/α-hetero) is 1. The van der Waals surface area contributed by atoms with E-state index in [4.69, 9.17) is 0 Å². The summed E-state index contributed by atoms with van der Waals surface area (Å²) in [5.74, 6) is 0.740. The molecule has 0 bridgehead atoms. The molecule has 0 radical (unpaired) electrons. The van der Waals surface area contributed by atoms with Crippen molar-refractivity contribution in [2.75, 3.05) is 0 Å². The molecule has 86 valence electrons. The molecule has 1 nitrogen and oxygen atoms in total. The van der Waals surface area contributed by atoms with Crippen LogP contribution in [0, 0.1) is 5.92 Å². The highest BCUT2D eigenvalue weighted by Gasteiger charge is 2.33. The van der Waals surface area contributed by atoms with Crippen LogP contribution in [0.4, 0.5) is 0 Å². The Balaban J connectivity index is 2.04. The summed E-state index contributed by atoms with van der Waals surface area (Å²) in [6, 6.07) is 8.40. The fraction of sp³-hybridized carbons (Fsp3) is 0.500. The predicted octanol–water partition coefficient (Wildman–Crippen LogP) is 3.53. The molecule has 1 saturated carbocycles. The minimum Gasteiger partial charge on any atom is -0.298 e. The lowest BCUT2D eigenvalue weighted by Gasteiger charge is -2.11. The van der Waals surface area contributed by atoms with Gasteiger partial charge in [0.2, 0.25) is 0 Å². The van der Waals surface area contributed by atoms with Gasteiger partial charge in [-0.05, 0) is 36.8 Å². The fourth-order valence-electron chi connectivity index (χ4n) is 2.02. The minimum atomic E-state index is 0.00713. The maximum Gasteiger partial charge on any atom is 0.149 e. The third-order valence-electron chi connectivity index (χ3n) is 3.19. The number of hydrogen-bond acceptors (Lipinski definition) is 1. The number of hydrogen-bond donors (Lipinski definition) is 0. The number of carbonyl (C=O) groups excluding carboxylic acids is 1. The van der Waals surface area contributed by atoms with Gasteiger partial charge in [-0.2, -0.15) is 0 Å². The molecule has 1 atom stereocenters. The van der Waals surface area contributed by atoms with Crippen molar-refractivity contribution in [3.05, 3.63) is 35.4 Å². The van der Waals surface area contributed by atoms with Gasteiger partial charge in [0.05, 0.1) is 4.83 Å². The van der Waals surface area contributed by atoms with Gasteiger partial charge in [0.1, 0.15) is 5.78 Å². The Morgan fingerprint density at radius 2 is 2.00 bits per heavy atom. The third kappa shape index (κ3) is 2.73. The predicted molar refractivity (Wildman–Crippen MR) is 70.0 cm³/mol. The van der Waals surface area contributed by atoms with Crippen LogP contribution >= 0.6 is 15.9 Å². The molecule has 0 amide bonds. The first-order chi connectivity index (χ1) is 7.72. The van der Waals surface area contributed by atoms with E-state index in [-0.39, 0.29) is 4.83 Å². The van der Waals surface area contributed by atoms with Gasteiger partial charge in [0.25, 0.3) is 0 Å². The molecule has 1 aromatic carbocycles. The lowest BCUT2D eigenvalue weighted by molar-refractivity contribution is -0.119. The molecular weight excluding hydrogens is 264 g/mol. The molecule has 1 aromatic rings. The zero-order chi connectivity index (χ0) is 11.5. The summed E-state index contributed by atoms with van der Waals surface area (Å²) in [4.78, 5) is 11.9. The number of ketones is 1. The molecule has 0 N–H and O–H groups in total. The fourth-order valence-corrected chi connectivity index (χ4v) is 2.74. The molecule has 0 spiro atoms. The van der Waals surface area contributed by atoms with Crippen molar-refractivity contribution in [3.8, 4) is 0 Å². The quantitative estimate of drug-likeness (QED) is 0.754. The average Bonchev–Trinajstić information content (AvgIpc) is 3.12. The molecule has 0 heterocycles. The van der Waals surface area contributed by atoms with Gasteiger partial charge >= 0.3 is 0 Å². The Hall–Kier alpha value is -0.630. The molecule has 0 aromatic heterocycles. The number of aryl methyl sites for hydroxylation is 1. The van der Waals surface area contributed by atoms with Gasteiger partial charge in [-0.3, -0.25) is 4.79 Å². The minimum absolute atomic E-state index is 0.00713. The first kappa shape index (κ1) is 11.8. The Morgan fingerprint density at radius 1 is 1.38 bits per heavy atom. The van der Waals surface area contributed by atoms with Crippen LogP contribution in [0.15, 0.2) is 24.3 Å². The van der Waals surface area contributed by atoms with E-state index in [1.165, 1.54) is 11.1 Å². The van der Waals surface area contributed by atoms with Crippen molar-refractivity contribution in [2.24, 2.45) is 5.92 Å². The van der Waals surface area contributed by atoms with E-state index < -0.39 is 0 Å². The Kier molecular flexibility index (Phi) is 3.80. The summed E-state index contributed by atoms with van der Waals surface area (Å²) < 4.78 is 0. The highest BCUT2D eigenvalue weighted by molar-refractivity contribution is 9.10. The number of halogens is 1. The molecule has 1 aliphatic rings. The van der Waals surface area contributed by atoms with E-state index >= 15 is 0 Å². The van der Waals surface area contributed by atoms with E-state index in [1.807, 2.05) is 0 Å². The van der Waals surface area contributed by atoms with Gasteiger partial charge < -0.3 is 0 Å². The normalized spacial score (nSPS) is 17.1. The zero-order valence-corrected chi connectivity index (χ0v) is 11.2. The second-order valence-electron chi connectivity index (χ2n) is 4.47. The van der Waals surface area contributed by atoms with Crippen molar-refractivity contribution in [1.82, 2.24) is 0 Å². The first-order valence-electron chi connectivity index (χ1n) is 5.97. The molecule has 1 aliphatic carbocycles. The van der Waals surface area contributed by atoms with Gasteiger partial charge in [0.15, 0.2) is 0 Å².